The zero-order valence-electron chi connectivity index (χ0n) is 10.3. The van der Waals surface area contributed by atoms with Crippen molar-refractivity contribution >= 4 is 11.8 Å². The molecule has 1 aromatic rings. The highest BCUT2D eigenvalue weighted by atomic mass is 19.1. The third-order valence-corrected chi connectivity index (χ3v) is 2.96. The Morgan fingerprint density at radius 3 is 2.68 bits per heavy atom. The van der Waals surface area contributed by atoms with Crippen LogP contribution in [0, 0.1) is 5.82 Å². The van der Waals surface area contributed by atoms with E-state index in [2.05, 4.69) is 5.32 Å². The van der Waals surface area contributed by atoms with Crippen molar-refractivity contribution in [3.8, 4) is 0 Å². The Labute approximate surface area is 110 Å². The van der Waals surface area contributed by atoms with Gasteiger partial charge in [-0.3, -0.25) is 9.59 Å². The summed E-state index contributed by atoms with van der Waals surface area (Å²) in [6.07, 6.45) is -0.288. The lowest BCUT2D eigenvalue weighted by molar-refractivity contribution is -0.141. The average molecular weight is 266 g/mol. The molecule has 1 aliphatic rings. The molecule has 1 heterocycles. The van der Waals surface area contributed by atoms with Gasteiger partial charge in [-0.15, -0.1) is 0 Å². The van der Waals surface area contributed by atoms with Gasteiger partial charge in [-0.25, -0.2) is 4.39 Å². The average Bonchev–Trinajstić information content (AvgIpc) is 2.35. The zero-order chi connectivity index (χ0) is 13.8. The van der Waals surface area contributed by atoms with Crippen LogP contribution in [-0.4, -0.2) is 47.6 Å². The maximum Gasteiger partial charge on any atom is 0.254 e. The molecule has 1 aliphatic heterocycles. The third kappa shape index (κ3) is 3.29. The van der Waals surface area contributed by atoms with E-state index in [1.165, 1.54) is 23.1 Å². The maximum atomic E-state index is 13.3. The normalized spacial score (nSPS) is 14.9. The number of β-amino-alcohol motifs (C(OH)–C–C–N with tert-alkyl or cyclic N) is 1. The smallest absolute Gasteiger partial charge is 0.254 e. The van der Waals surface area contributed by atoms with Crippen molar-refractivity contribution in [3.63, 3.8) is 0 Å². The van der Waals surface area contributed by atoms with E-state index in [0.29, 0.717) is 13.1 Å². The zero-order valence-corrected chi connectivity index (χ0v) is 10.3. The summed E-state index contributed by atoms with van der Waals surface area (Å²) < 4.78 is 13.3. The van der Waals surface area contributed by atoms with E-state index >= 15 is 0 Å². The van der Waals surface area contributed by atoms with Crippen molar-refractivity contribution in [2.45, 2.75) is 12.5 Å². The predicted octanol–water partition coefficient (Wildman–Crippen LogP) is 0.149. The van der Waals surface area contributed by atoms with Gasteiger partial charge in [0.25, 0.3) is 5.91 Å². The van der Waals surface area contributed by atoms with Crippen molar-refractivity contribution in [1.29, 1.82) is 0 Å². The van der Waals surface area contributed by atoms with Gasteiger partial charge in [0.05, 0.1) is 11.7 Å². The Kier molecular flexibility index (Phi) is 4.11. The molecule has 102 valence electrons. The molecule has 0 aromatic heterocycles. The Balaban J connectivity index is 1.75. The summed E-state index contributed by atoms with van der Waals surface area (Å²) in [6, 6.07) is 5.68. The van der Waals surface area contributed by atoms with Crippen molar-refractivity contribution < 1.29 is 19.1 Å². The maximum absolute atomic E-state index is 13.3. The number of nitrogens with one attached hydrogen (secondary N) is 1. The molecule has 6 heteroatoms. The van der Waals surface area contributed by atoms with Crippen LogP contribution in [0.4, 0.5) is 4.39 Å². The van der Waals surface area contributed by atoms with Crippen LogP contribution in [0.1, 0.15) is 16.8 Å². The molecule has 0 spiro atoms. The number of halogens is 1. The summed E-state index contributed by atoms with van der Waals surface area (Å²) in [5, 5.41) is 11.6. The van der Waals surface area contributed by atoms with Gasteiger partial charge in [-0.05, 0) is 12.1 Å². The molecular weight excluding hydrogens is 251 g/mol. The van der Waals surface area contributed by atoms with Crippen molar-refractivity contribution in [1.82, 2.24) is 10.2 Å². The van der Waals surface area contributed by atoms with Crippen molar-refractivity contribution in [3.05, 3.63) is 35.6 Å². The first-order valence-corrected chi connectivity index (χ1v) is 6.06. The van der Waals surface area contributed by atoms with Crippen LogP contribution in [-0.2, 0) is 4.79 Å². The first-order valence-electron chi connectivity index (χ1n) is 6.06. The molecule has 2 rings (SSSR count). The van der Waals surface area contributed by atoms with E-state index < -0.39 is 17.8 Å². The first-order chi connectivity index (χ1) is 9.08. The van der Waals surface area contributed by atoms with Gasteiger partial charge >= 0.3 is 0 Å². The van der Waals surface area contributed by atoms with Gasteiger partial charge in [-0.1, -0.05) is 12.1 Å². The molecule has 0 unspecified atom stereocenters. The number of amides is 2. The summed E-state index contributed by atoms with van der Waals surface area (Å²) in [6.45, 7) is 0.846. The van der Waals surface area contributed by atoms with E-state index in [0.717, 1.165) is 0 Å². The summed E-state index contributed by atoms with van der Waals surface area (Å²) in [5.74, 6) is -1.24. The largest absolute Gasteiger partial charge is 0.389 e. The number of nitrogens with zero attached hydrogens (tertiary/aromatic N) is 1. The molecule has 2 amide bonds. The van der Waals surface area contributed by atoms with E-state index in [-0.39, 0.29) is 24.4 Å². The highest BCUT2D eigenvalue weighted by Gasteiger charge is 2.28. The molecule has 1 fully saturated rings. The summed E-state index contributed by atoms with van der Waals surface area (Å²) >= 11 is 0. The number of benzene rings is 1. The molecule has 2 N–H and O–H groups in total. The fourth-order valence-electron chi connectivity index (χ4n) is 1.84. The molecule has 1 saturated heterocycles. The van der Waals surface area contributed by atoms with Crippen molar-refractivity contribution in [2.75, 3.05) is 19.6 Å². The lowest BCUT2D eigenvalue weighted by Gasteiger charge is -2.35. The minimum Gasteiger partial charge on any atom is -0.389 e. The van der Waals surface area contributed by atoms with Gasteiger partial charge < -0.3 is 15.3 Å². The van der Waals surface area contributed by atoms with Crippen LogP contribution < -0.4 is 5.32 Å². The molecule has 19 heavy (non-hydrogen) atoms. The number of aliphatic hydroxyl groups is 1. The van der Waals surface area contributed by atoms with Crippen molar-refractivity contribution in [2.24, 2.45) is 0 Å². The van der Waals surface area contributed by atoms with Crippen LogP contribution in [0.3, 0.4) is 0 Å². The Morgan fingerprint density at radius 1 is 1.37 bits per heavy atom. The molecule has 0 aliphatic carbocycles. The summed E-state index contributed by atoms with van der Waals surface area (Å²) in [7, 11) is 0. The Morgan fingerprint density at radius 2 is 2.05 bits per heavy atom. The quantitative estimate of drug-likeness (QED) is 0.815. The lowest BCUT2D eigenvalue weighted by atomic mass is 10.1. The molecule has 0 radical (unpaired) electrons. The minimum atomic E-state index is -0.586. The monoisotopic (exact) mass is 266 g/mol. The number of aliphatic hydroxyl groups excluding tert-OH is 1. The van der Waals surface area contributed by atoms with E-state index in [4.69, 9.17) is 5.11 Å². The number of hydrogen-bond acceptors (Lipinski definition) is 3. The van der Waals surface area contributed by atoms with Gasteiger partial charge in [0.1, 0.15) is 5.82 Å². The predicted molar refractivity (Wildman–Crippen MR) is 65.9 cm³/mol. The number of hydrogen-bond donors (Lipinski definition) is 2. The second-order valence-electron chi connectivity index (χ2n) is 4.44. The molecule has 1 aromatic carbocycles. The number of carbonyl (C=O) groups excluding carboxylic acids is 2. The van der Waals surface area contributed by atoms with E-state index in [9.17, 15) is 14.0 Å². The van der Waals surface area contributed by atoms with E-state index in [1.54, 1.807) is 6.07 Å². The number of carbonyl (C=O) groups is 2. The molecule has 0 saturated carbocycles. The Bertz CT molecular complexity index is 487. The SMILES string of the molecule is O=C(NCCC(=O)N1CC(O)C1)c1ccccc1F. The van der Waals surface area contributed by atoms with Crippen LogP contribution >= 0.6 is 0 Å². The van der Waals surface area contributed by atoms with Crippen LogP contribution in [0.25, 0.3) is 0 Å². The topological polar surface area (TPSA) is 69.6 Å². The van der Waals surface area contributed by atoms with Gasteiger partial charge in [-0.2, -0.15) is 0 Å². The number of likely N-dealkylation sites (tertiary alicyclic amines) is 1. The fraction of sp³-hybridized carbons (Fsp3) is 0.385. The van der Waals surface area contributed by atoms with E-state index in [1.807, 2.05) is 0 Å². The van der Waals surface area contributed by atoms with Crippen LogP contribution in [0.15, 0.2) is 24.3 Å². The van der Waals surface area contributed by atoms with Crippen LogP contribution in [0.2, 0.25) is 0 Å². The molecular formula is C13H15FN2O3. The summed E-state index contributed by atoms with van der Waals surface area (Å²) in [4.78, 5) is 24.7. The summed E-state index contributed by atoms with van der Waals surface area (Å²) in [5.41, 5.74) is -0.0330. The second-order valence-corrected chi connectivity index (χ2v) is 4.44. The van der Waals surface area contributed by atoms with Gasteiger partial charge in [0.15, 0.2) is 0 Å². The minimum absolute atomic E-state index is 0.0330. The van der Waals surface area contributed by atoms with Gasteiger partial charge in [0, 0.05) is 26.1 Å². The number of rotatable bonds is 4. The third-order valence-electron chi connectivity index (χ3n) is 2.96. The molecule has 5 nitrogen and oxygen atoms in total. The fourth-order valence-corrected chi connectivity index (χ4v) is 1.84. The standard InChI is InChI=1S/C13H15FN2O3/c14-11-4-2-1-3-10(11)13(19)15-6-5-12(18)16-7-9(17)8-16/h1-4,9,17H,5-8H2,(H,15,19). The van der Waals surface area contributed by atoms with Gasteiger partial charge in [0.2, 0.25) is 5.91 Å². The van der Waals surface area contributed by atoms with Crippen LogP contribution in [0.5, 0.6) is 0 Å². The highest BCUT2D eigenvalue weighted by molar-refractivity contribution is 5.94. The lowest BCUT2D eigenvalue weighted by Crippen LogP contribution is -2.53. The highest BCUT2D eigenvalue weighted by Crippen LogP contribution is 2.09. The molecule has 0 bridgehead atoms. The molecule has 0 atom stereocenters. The second kappa shape index (κ2) is 5.79. The Hall–Kier alpha value is -1.95. The first kappa shape index (κ1) is 13.5.